The third-order valence-corrected chi connectivity index (χ3v) is 13.8. The Morgan fingerprint density at radius 1 is 1.50 bits per heavy atom. The molecule has 7 heteroatoms. The van der Waals surface area contributed by atoms with Crippen LogP contribution in [-0.2, 0) is 11.1 Å². The van der Waals surface area contributed by atoms with Crippen molar-refractivity contribution in [2.24, 2.45) is 5.92 Å². The number of benzene rings is 1. The summed E-state index contributed by atoms with van der Waals surface area (Å²) in [6.45, 7) is 5.98. The van der Waals surface area contributed by atoms with Crippen molar-refractivity contribution in [1.82, 2.24) is 15.0 Å². The molecule has 2 heterocycles. The van der Waals surface area contributed by atoms with Gasteiger partial charge in [-0.1, -0.05) is 0 Å². The molecule has 2 atom stereocenters. The van der Waals surface area contributed by atoms with Gasteiger partial charge in [0.1, 0.15) is 0 Å². The topological polar surface area (TPSA) is 63.7 Å². The molecule has 22 heavy (non-hydrogen) atoms. The minimum absolute atomic E-state index is 0.0948. The van der Waals surface area contributed by atoms with Gasteiger partial charge in [-0.3, -0.25) is 0 Å². The summed E-state index contributed by atoms with van der Waals surface area (Å²) < 4.78 is 8.05. The summed E-state index contributed by atoms with van der Waals surface area (Å²) in [5.74, 6) is 4.06. The number of nitriles is 1. The molecule has 5 nitrogen and oxygen atoms in total. The van der Waals surface area contributed by atoms with Crippen molar-refractivity contribution in [3.05, 3.63) is 24.3 Å². The average molecular weight is 336 g/mol. The second-order valence-electron chi connectivity index (χ2n) is 5.93. The van der Waals surface area contributed by atoms with E-state index >= 15 is 0 Å². The van der Waals surface area contributed by atoms with E-state index in [0.29, 0.717) is 5.92 Å². The molecule has 2 aromatic rings. The number of para-hydroxylation sites is 1. The van der Waals surface area contributed by atoms with Gasteiger partial charge in [-0.25, -0.2) is 0 Å². The number of nitrogens with zero attached hydrogens (tertiary/aromatic N) is 4. The van der Waals surface area contributed by atoms with E-state index in [2.05, 4.69) is 35.8 Å². The Labute approximate surface area is 132 Å². The van der Waals surface area contributed by atoms with Crippen molar-refractivity contribution in [2.45, 2.75) is 26.3 Å². The number of hydrogen-bond acceptors (Lipinski definition) is 4. The zero-order valence-electron chi connectivity index (χ0n) is 13.1. The SMILES string of the molecule is CCC(CCn1nnc2ccccc21)CO[PH]1(C#N)CP1C. The molecule has 2 unspecified atom stereocenters. The molecule has 0 aliphatic carbocycles. The van der Waals surface area contributed by atoms with E-state index in [4.69, 9.17) is 4.52 Å². The predicted molar refractivity (Wildman–Crippen MR) is 93.5 cm³/mol. The van der Waals surface area contributed by atoms with Crippen LogP contribution in [0.4, 0.5) is 0 Å². The van der Waals surface area contributed by atoms with Gasteiger partial charge in [-0.2, -0.15) is 0 Å². The van der Waals surface area contributed by atoms with Crippen molar-refractivity contribution >= 4 is 25.8 Å². The number of aromatic nitrogens is 3. The summed E-state index contributed by atoms with van der Waals surface area (Å²) in [5, 5.41) is 17.7. The molecule has 1 saturated heterocycles. The molecule has 0 spiro atoms. The second-order valence-corrected chi connectivity index (χ2v) is 15.1. The molecule has 0 saturated carbocycles. The first-order valence-corrected chi connectivity index (χ1v) is 12.7. The predicted octanol–water partition coefficient (Wildman–Crippen LogP) is 4.01. The number of hydrogen-bond donors (Lipinski definition) is 0. The first-order chi connectivity index (χ1) is 10.7. The van der Waals surface area contributed by atoms with Crippen molar-refractivity contribution in [1.29, 1.82) is 5.26 Å². The van der Waals surface area contributed by atoms with Gasteiger partial charge < -0.3 is 0 Å². The zero-order valence-corrected chi connectivity index (χ0v) is 15.0. The van der Waals surface area contributed by atoms with E-state index < -0.39 is 7.18 Å². The normalized spacial score (nSPS) is 22.1. The Morgan fingerprint density at radius 2 is 2.27 bits per heavy atom. The fourth-order valence-corrected chi connectivity index (χ4v) is 10.5. The Hall–Kier alpha value is -1.07. The fraction of sp³-hybridized carbons (Fsp3) is 0.533. The van der Waals surface area contributed by atoms with Crippen LogP contribution in [0.2, 0.25) is 0 Å². The standard InChI is InChI=1S/C15H22N4OP2/c1-3-13(10-20-22(11-16)12-21(22)2)8-9-19-15-7-5-4-6-14(15)17-18-19/h4-7,13,22H,3,8-10,12H2,1-2H3. The first-order valence-electron chi connectivity index (χ1n) is 7.73. The van der Waals surface area contributed by atoms with Crippen LogP contribution in [0.1, 0.15) is 19.8 Å². The summed E-state index contributed by atoms with van der Waals surface area (Å²) in [6, 6.07) is 8.03. The molecule has 3 rings (SSSR count). The van der Waals surface area contributed by atoms with Crippen LogP contribution in [0.25, 0.3) is 11.0 Å². The van der Waals surface area contributed by atoms with Crippen LogP contribution in [0.5, 0.6) is 0 Å². The van der Waals surface area contributed by atoms with Gasteiger partial charge in [0.05, 0.1) is 0 Å². The van der Waals surface area contributed by atoms with Crippen LogP contribution in [0.3, 0.4) is 0 Å². The monoisotopic (exact) mass is 336 g/mol. The second kappa shape index (κ2) is 6.59. The minimum atomic E-state index is -1.91. The molecular formula is C15H22N4OP2. The van der Waals surface area contributed by atoms with Crippen LogP contribution in [0.15, 0.2) is 24.3 Å². The van der Waals surface area contributed by atoms with Gasteiger partial charge >= 0.3 is 132 Å². The van der Waals surface area contributed by atoms with Gasteiger partial charge in [-0.15, -0.1) is 0 Å². The average Bonchev–Trinajstić information content (AvgIpc) is 3.02. The van der Waals surface area contributed by atoms with Crippen LogP contribution >= 0.6 is 14.8 Å². The van der Waals surface area contributed by atoms with Crippen LogP contribution in [-0.4, -0.2) is 34.2 Å². The molecule has 118 valence electrons. The fourth-order valence-electron chi connectivity index (χ4n) is 2.64. The van der Waals surface area contributed by atoms with Gasteiger partial charge in [-0.05, 0) is 0 Å². The van der Waals surface area contributed by atoms with E-state index in [0.717, 1.165) is 42.9 Å². The first kappa shape index (κ1) is 15.8. The summed E-state index contributed by atoms with van der Waals surface area (Å²) in [7, 11) is -2.01. The van der Waals surface area contributed by atoms with Gasteiger partial charge in [0.15, 0.2) is 0 Å². The van der Waals surface area contributed by atoms with Gasteiger partial charge in [0.2, 0.25) is 0 Å². The molecule has 1 aliphatic heterocycles. The summed E-state index contributed by atoms with van der Waals surface area (Å²) in [6.07, 6.45) is 2.09. The molecule has 0 amide bonds. The number of rotatable bonds is 7. The molecule has 0 radical (unpaired) electrons. The molecule has 1 fully saturated rings. The summed E-state index contributed by atoms with van der Waals surface area (Å²) >= 11 is 0. The Kier molecular flexibility index (Phi) is 4.73. The summed E-state index contributed by atoms with van der Waals surface area (Å²) in [5.41, 5.74) is 2.03. The van der Waals surface area contributed by atoms with Crippen molar-refractivity contribution in [3.8, 4) is 5.81 Å². The number of fused-ring (bicyclic) bond motifs is 1. The van der Waals surface area contributed by atoms with E-state index in [9.17, 15) is 5.26 Å². The summed E-state index contributed by atoms with van der Waals surface area (Å²) in [4.78, 5) is 0. The zero-order chi connectivity index (χ0) is 15.6. The molecular weight excluding hydrogens is 314 g/mol. The Morgan fingerprint density at radius 3 is 2.95 bits per heavy atom. The van der Waals surface area contributed by atoms with Crippen LogP contribution in [0, 0.1) is 17.0 Å². The van der Waals surface area contributed by atoms with E-state index in [1.165, 1.54) is 0 Å². The Bertz CT molecular complexity index is 698. The molecule has 1 aromatic carbocycles. The van der Waals surface area contributed by atoms with E-state index in [1.54, 1.807) is 0 Å². The van der Waals surface area contributed by atoms with Crippen LogP contribution < -0.4 is 0 Å². The van der Waals surface area contributed by atoms with Gasteiger partial charge in [0, 0.05) is 0 Å². The third-order valence-electron chi connectivity index (χ3n) is 4.44. The quantitative estimate of drug-likeness (QED) is 0.717. The van der Waals surface area contributed by atoms with Gasteiger partial charge in [0.25, 0.3) is 0 Å². The van der Waals surface area contributed by atoms with E-state index in [-0.39, 0.29) is 7.61 Å². The number of aryl methyl sites for hydroxylation is 1. The van der Waals surface area contributed by atoms with E-state index in [1.807, 2.05) is 22.9 Å². The molecule has 0 bridgehead atoms. The van der Waals surface area contributed by atoms with Crippen molar-refractivity contribution in [3.63, 3.8) is 0 Å². The van der Waals surface area contributed by atoms with Crippen molar-refractivity contribution in [2.75, 3.05) is 19.2 Å². The molecule has 0 N–H and O–H groups in total. The van der Waals surface area contributed by atoms with Crippen molar-refractivity contribution < 1.29 is 4.52 Å². The molecule has 1 aromatic heterocycles. The third kappa shape index (κ3) is 3.15. The maximum atomic E-state index is 9.29. The molecule has 1 aliphatic rings. The Balaban J connectivity index is 1.56. The maximum absolute atomic E-state index is 9.29.